The zero-order chi connectivity index (χ0) is 26.5. The second-order valence-electron chi connectivity index (χ2n) is 11.1. The lowest BCUT2D eigenvalue weighted by Gasteiger charge is -2.34. The van der Waals surface area contributed by atoms with Crippen LogP contribution < -0.4 is 4.74 Å². The molecule has 1 aromatic carbocycles. The topological polar surface area (TPSA) is 59.8 Å². The molecule has 1 atom stereocenters. The minimum absolute atomic E-state index is 0.126. The predicted molar refractivity (Wildman–Crippen MR) is 147 cm³/mol. The number of hydrogen-bond acceptors (Lipinski definition) is 5. The van der Waals surface area contributed by atoms with Crippen molar-refractivity contribution in [1.82, 2.24) is 19.4 Å². The summed E-state index contributed by atoms with van der Waals surface area (Å²) in [6.45, 7) is 8.33. The highest BCUT2D eigenvalue weighted by molar-refractivity contribution is 9.10. The van der Waals surface area contributed by atoms with Crippen molar-refractivity contribution in [3.05, 3.63) is 33.6 Å². The van der Waals surface area contributed by atoms with Crippen LogP contribution in [0.3, 0.4) is 0 Å². The zero-order valence-corrected chi connectivity index (χ0v) is 24.0. The average Bonchev–Trinajstić information content (AvgIpc) is 3.47. The van der Waals surface area contributed by atoms with Crippen molar-refractivity contribution in [2.75, 3.05) is 33.3 Å². The zero-order valence-electron chi connectivity index (χ0n) is 21.7. The van der Waals surface area contributed by atoms with Crippen LogP contribution in [0.2, 0.25) is 5.02 Å². The Morgan fingerprint density at radius 2 is 1.95 bits per heavy atom. The van der Waals surface area contributed by atoms with Gasteiger partial charge in [0.1, 0.15) is 17.7 Å². The molecule has 0 bridgehead atoms. The van der Waals surface area contributed by atoms with E-state index in [0.717, 1.165) is 43.1 Å². The molecular weight excluding hydrogens is 563 g/mol. The highest BCUT2D eigenvalue weighted by Gasteiger charge is 2.30. The van der Waals surface area contributed by atoms with E-state index in [0.29, 0.717) is 42.0 Å². The summed E-state index contributed by atoms with van der Waals surface area (Å²) in [7, 11) is 2.10. The van der Waals surface area contributed by atoms with Crippen molar-refractivity contribution in [1.29, 1.82) is 0 Å². The molecule has 0 N–H and O–H groups in total. The van der Waals surface area contributed by atoms with Crippen LogP contribution >= 0.6 is 27.5 Å². The van der Waals surface area contributed by atoms with Crippen LogP contribution in [0.15, 0.2) is 22.8 Å². The van der Waals surface area contributed by atoms with Gasteiger partial charge in [-0.25, -0.2) is 14.2 Å². The minimum Gasteiger partial charge on any atom is -0.476 e. The Balaban J connectivity index is 1.49. The molecule has 2 aromatic heterocycles. The molecule has 2 fully saturated rings. The number of aromatic nitrogens is 2. The molecule has 1 unspecified atom stereocenters. The number of pyridine rings is 1. The van der Waals surface area contributed by atoms with E-state index < -0.39 is 11.4 Å². The lowest BCUT2D eigenvalue weighted by molar-refractivity contribution is 0.0190. The van der Waals surface area contributed by atoms with E-state index in [1.54, 1.807) is 11.0 Å². The Kier molecular flexibility index (Phi) is 7.33. The van der Waals surface area contributed by atoms with Gasteiger partial charge >= 0.3 is 6.09 Å². The predicted octanol–water partition coefficient (Wildman–Crippen LogP) is 6.79. The monoisotopic (exact) mass is 594 g/mol. The number of amides is 1. The van der Waals surface area contributed by atoms with Crippen LogP contribution in [0.4, 0.5) is 9.18 Å². The molecule has 0 saturated carbocycles. The molecule has 0 radical (unpaired) electrons. The van der Waals surface area contributed by atoms with Gasteiger partial charge in [-0.2, -0.15) is 0 Å². The van der Waals surface area contributed by atoms with Crippen LogP contribution in [0.1, 0.15) is 52.5 Å². The van der Waals surface area contributed by atoms with E-state index in [9.17, 15) is 4.79 Å². The molecule has 7 nitrogen and oxygen atoms in total. The second-order valence-corrected chi connectivity index (χ2v) is 12.3. The SMILES string of the molecule is CN1CCCC1COc1nc2c(F)c(Br)c(Cl)cc2c2c1ccn2C1CCN(C(=O)OC(C)(C)C)CC1. The number of ether oxygens (including phenoxy) is 2. The Morgan fingerprint density at radius 3 is 2.59 bits per heavy atom. The van der Waals surface area contributed by atoms with Gasteiger partial charge in [-0.1, -0.05) is 11.6 Å². The van der Waals surface area contributed by atoms with Crippen LogP contribution in [-0.2, 0) is 4.74 Å². The van der Waals surface area contributed by atoms with Gasteiger partial charge in [0.25, 0.3) is 0 Å². The molecule has 37 heavy (non-hydrogen) atoms. The summed E-state index contributed by atoms with van der Waals surface area (Å²) in [5.41, 5.74) is 0.547. The van der Waals surface area contributed by atoms with Gasteiger partial charge in [0.2, 0.25) is 5.88 Å². The summed E-state index contributed by atoms with van der Waals surface area (Å²) >= 11 is 9.66. The molecule has 200 valence electrons. The van der Waals surface area contributed by atoms with Crippen LogP contribution in [0.5, 0.6) is 5.88 Å². The number of rotatable bonds is 4. The number of likely N-dealkylation sites (tertiary alicyclic amines) is 2. The first-order valence-electron chi connectivity index (χ1n) is 12.8. The van der Waals surface area contributed by atoms with Gasteiger partial charge in [-0.15, -0.1) is 0 Å². The number of carbonyl (C=O) groups excluding carboxylic acids is 1. The van der Waals surface area contributed by atoms with Crippen molar-refractivity contribution >= 4 is 55.4 Å². The quantitative estimate of drug-likeness (QED) is 0.311. The standard InChI is InChI=1S/C27H33BrClFN4O3/c1-27(2,3)37-26(35)33-11-7-16(8-12-33)34-13-9-18-24(34)19-14-20(29)21(28)22(30)23(19)31-25(18)36-15-17-6-5-10-32(17)4/h9,13-14,16-17H,5-8,10-12,15H2,1-4H3. The van der Waals surface area contributed by atoms with E-state index in [1.165, 1.54) is 0 Å². The fraction of sp³-hybridized carbons (Fsp3) is 0.556. The Morgan fingerprint density at radius 1 is 1.22 bits per heavy atom. The maximum absolute atomic E-state index is 15.4. The summed E-state index contributed by atoms with van der Waals surface area (Å²) in [5, 5.41) is 1.77. The normalized spacial score (nSPS) is 19.8. The number of carbonyl (C=O) groups is 1. The van der Waals surface area contributed by atoms with Crippen LogP contribution in [0, 0.1) is 5.82 Å². The number of hydrogen-bond donors (Lipinski definition) is 0. The van der Waals surface area contributed by atoms with Crippen molar-refractivity contribution in [2.24, 2.45) is 0 Å². The summed E-state index contributed by atoms with van der Waals surface area (Å²) in [6, 6.07) is 4.19. The van der Waals surface area contributed by atoms with E-state index in [1.807, 2.05) is 33.0 Å². The first-order chi connectivity index (χ1) is 17.5. The van der Waals surface area contributed by atoms with Gasteiger partial charge in [0, 0.05) is 36.8 Å². The third-order valence-electron chi connectivity index (χ3n) is 7.34. The van der Waals surface area contributed by atoms with E-state index >= 15 is 4.39 Å². The van der Waals surface area contributed by atoms with E-state index in [-0.39, 0.29) is 22.1 Å². The second kappa shape index (κ2) is 10.2. The van der Waals surface area contributed by atoms with Gasteiger partial charge in [0.15, 0.2) is 5.82 Å². The molecule has 10 heteroatoms. The van der Waals surface area contributed by atoms with Crippen LogP contribution in [-0.4, -0.2) is 70.4 Å². The Bertz CT molecular complexity index is 1330. The first kappa shape index (κ1) is 26.5. The molecule has 2 aliphatic rings. The Hall–Kier alpha value is -2.10. The van der Waals surface area contributed by atoms with E-state index in [4.69, 9.17) is 21.1 Å². The van der Waals surface area contributed by atoms with Crippen molar-refractivity contribution in [2.45, 2.75) is 64.1 Å². The number of likely N-dealkylation sites (N-methyl/N-ethyl adjacent to an activating group) is 1. The summed E-state index contributed by atoms with van der Waals surface area (Å²) < 4.78 is 29.6. The lowest BCUT2D eigenvalue weighted by Crippen LogP contribution is -2.42. The molecule has 1 amide bonds. The average molecular weight is 596 g/mol. The molecule has 0 spiro atoms. The molecule has 5 rings (SSSR count). The van der Waals surface area contributed by atoms with Crippen molar-refractivity contribution in [3.8, 4) is 5.88 Å². The largest absolute Gasteiger partial charge is 0.476 e. The summed E-state index contributed by atoms with van der Waals surface area (Å²) in [5.74, 6) is -0.0689. The smallest absolute Gasteiger partial charge is 0.410 e. The maximum atomic E-state index is 15.4. The Labute approximate surface area is 230 Å². The van der Waals surface area contributed by atoms with Crippen molar-refractivity contribution in [3.63, 3.8) is 0 Å². The van der Waals surface area contributed by atoms with Gasteiger partial charge < -0.3 is 23.8 Å². The number of halogens is 3. The molecule has 2 saturated heterocycles. The minimum atomic E-state index is -0.530. The van der Waals surface area contributed by atoms with Crippen molar-refractivity contribution < 1.29 is 18.7 Å². The fourth-order valence-corrected chi connectivity index (χ4v) is 5.87. The molecule has 4 heterocycles. The van der Waals surface area contributed by atoms with E-state index in [2.05, 4.69) is 37.4 Å². The molecule has 2 aliphatic heterocycles. The number of fused-ring (bicyclic) bond motifs is 3. The number of benzene rings is 1. The van der Waals surface area contributed by atoms with Gasteiger partial charge in [0.05, 0.1) is 20.4 Å². The highest BCUT2D eigenvalue weighted by Crippen LogP contribution is 2.40. The molecule has 0 aliphatic carbocycles. The number of nitrogens with zero attached hydrogens (tertiary/aromatic N) is 4. The summed E-state index contributed by atoms with van der Waals surface area (Å²) in [6.07, 6.45) is 5.45. The third kappa shape index (κ3) is 5.27. The molecule has 3 aromatic rings. The summed E-state index contributed by atoms with van der Waals surface area (Å²) in [4.78, 5) is 21.2. The fourth-order valence-electron chi connectivity index (χ4n) is 5.37. The number of piperidine rings is 1. The van der Waals surface area contributed by atoms with Crippen LogP contribution in [0.25, 0.3) is 21.8 Å². The van der Waals surface area contributed by atoms with Gasteiger partial charge in [-0.05, 0) is 88.1 Å². The maximum Gasteiger partial charge on any atom is 0.410 e. The highest BCUT2D eigenvalue weighted by atomic mass is 79.9. The lowest BCUT2D eigenvalue weighted by atomic mass is 10.0. The molecular formula is C27H33BrClFN4O3. The third-order valence-corrected chi connectivity index (χ3v) is 8.65. The first-order valence-corrected chi connectivity index (χ1v) is 14.0. The van der Waals surface area contributed by atoms with Gasteiger partial charge in [-0.3, -0.25) is 0 Å².